The predicted octanol–water partition coefficient (Wildman–Crippen LogP) is 4.39. The third kappa shape index (κ3) is 4.99. The molecule has 3 aliphatic rings. The van der Waals surface area contributed by atoms with E-state index in [0.29, 0.717) is 24.4 Å². The highest BCUT2D eigenvalue weighted by Crippen LogP contribution is 2.36. The number of allylic oxidation sites excluding steroid dienone is 1. The minimum atomic E-state index is 0.207. The summed E-state index contributed by atoms with van der Waals surface area (Å²) in [6, 6.07) is 2.51. The zero-order valence-corrected chi connectivity index (χ0v) is 20.2. The number of aromatic nitrogens is 3. The lowest BCUT2D eigenvalue weighted by Gasteiger charge is -2.32. The highest BCUT2D eigenvalue weighted by atomic mass is 16.1. The number of piperidine rings is 1. The molecule has 2 aliphatic carbocycles. The number of hydrogen-bond donors (Lipinski definition) is 2. The summed E-state index contributed by atoms with van der Waals surface area (Å²) in [4.78, 5) is 29.3. The molecule has 2 fully saturated rings. The number of Topliss-reactive ketones (excluding diaryl/α,β-unsaturated/α-hetero) is 1. The second-order valence-electron chi connectivity index (χ2n) is 10.1. The molecule has 0 amide bonds. The maximum Gasteiger partial charge on any atom is 0.225 e. The van der Waals surface area contributed by atoms with E-state index < -0.39 is 0 Å². The molecule has 1 saturated heterocycles. The molecule has 0 spiro atoms. The second-order valence-corrected chi connectivity index (χ2v) is 10.1. The van der Waals surface area contributed by atoms with E-state index in [1.807, 2.05) is 12.3 Å². The summed E-state index contributed by atoms with van der Waals surface area (Å²) in [6.45, 7) is 3.97. The quantitative estimate of drug-likeness (QED) is 0.591. The summed E-state index contributed by atoms with van der Waals surface area (Å²) < 4.78 is 0. The number of rotatable bonds is 7. The highest BCUT2D eigenvalue weighted by molar-refractivity contribution is 6.03. The molecule has 180 valence electrons. The first-order valence-electron chi connectivity index (χ1n) is 12.9. The van der Waals surface area contributed by atoms with Crippen LogP contribution in [-0.4, -0.2) is 45.9 Å². The fourth-order valence-electron chi connectivity index (χ4n) is 5.56. The first-order chi connectivity index (χ1) is 16.6. The molecule has 0 radical (unpaired) electrons. The zero-order valence-electron chi connectivity index (χ0n) is 20.2. The van der Waals surface area contributed by atoms with Crippen molar-refractivity contribution in [2.75, 3.05) is 23.3 Å². The van der Waals surface area contributed by atoms with Crippen molar-refractivity contribution in [2.45, 2.75) is 76.8 Å². The summed E-state index contributed by atoms with van der Waals surface area (Å²) in [5.41, 5.74) is 11.5. The van der Waals surface area contributed by atoms with E-state index in [1.54, 1.807) is 12.4 Å². The number of nitrogens with zero attached hydrogens (tertiary/aromatic N) is 4. The molecule has 3 heterocycles. The fourth-order valence-corrected chi connectivity index (χ4v) is 5.56. The van der Waals surface area contributed by atoms with E-state index in [2.05, 4.69) is 33.2 Å². The van der Waals surface area contributed by atoms with Gasteiger partial charge in [0.1, 0.15) is 0 Å². The van der Waals surface area contributed by atoms with E-state index in [9.17, 15) is 4.79 Å². The van der Waals surface area contributed by atoms with Crippen molar-refractivity contribution < 1.29 is 4.79 Å². The fraction of sp³-hybridized carbons (Fsp3) is 0.556. The van der Waals surface area contributed by atoms with Gasteiger partial charge in [0.05, 0.1) is 16.9 Å². The first kappa shape index (κ1) is 23.0. The smallest absolute Gasteiger partial charge is 0.225 e. The van der Waals surface area contributed by atoms with Gasteiger partial charge < -0.3 is 16.0 Å². The van der Waals surface area contributed by atoms with Crippen LogP contribution in [0.2, 0.25) is 0 Å². The van der Waals surface area contributed by atoms with Gasteiger partial charge in [0.25, 0.3) is 0 Å². The van der Waals surface area contributed by atoms with Crippen molar-refractivity contribution in [1.29, 1.82) is 0 Å². The van der Waals surface area contributed by atoms with Gasteiger partial charge >= 0.3 is 0 Å². The molecule has 0 atom stereocenters. The Balaban J connectivity index is 1.30. The Morgan fingerprint density at radius 3 is 2.53 bits per heavy atom. The van der Waals surface area contributed by atoms with Crippen LogP contribution in [0.15, 0.2) is 30.2 Å². The summed E-state index contributed by atoms with van der Waals surface area (Å²) >= 11 is 0. The summed E-state index contributed by atoms with van der Waals surface area (Å²) in [7, 11) is 0. The molecule has 3 N–H and O–H groups in total. The highest BCUT2D eigenvalue weighted by Gasteiger charge is 2.28. The molecule has 5 rings (SSSR count). The average Bonchev–Trinajstić information content (AvgIpc) is 3.30. The van der Waals surface area contributed by atoms with Gasteiger partial charge in [0, 0.05) is 62.2 Å². The van der Waals surface area contributed by atoms with Crippen molar-refractivity contribution in [3.63, 3.8) is 0 Å². The number of fused-ring (bicyclic) bond motifs is 1. The topological polar surface area (TPSA) is 97.0 Å². The Morgan fingerprint density at radius 1 is 1.09 bits per heavy atom. The Hall–Kier alpha value is -2.80. The first-order valence-corrected chi connectivity index (χ1v) is 12.9. The largest absolute Gasteiger partial charge is 0.381 e. The lowest BCUT2D eigenvalue weighted by atomic mass is 9.88. The summed E-state index contributed by atoms with van der Waals surface area (Å²) in [5.74, 6) is 1.37. The number of pyridine rings is 1. The van der Waals surface area contributed by atoms with Crippen LogP contribution in [0.1, 0.15) is 79.9 Å². The lowest BCUT2D eigenvalue weighted by molar-refractivity contribution is 0.0954. The normalized spacial score (nSPS) is 22.9. The van der Waals surface area contributed by atoms with Crippen molar-refractivity contribution in [3.05, 3.63) is 47.1 Å². The van der Waals surface area contributed by atoms with Crippen LogP contribution in [0.5, 0.6) is 0 Å². The maximum absolute atomic E-state index is 13.6. The SMILES string of the molecule is CCC1=Cc2c(ncc(C(=O)CC3CCN(c4ncccn4)CC3)c2NC2CCC(N)CC2)C1. The average molecular weight is 461 g/mol. The monoisotopic (exact) mass is 460 g/mol. The van der Waals surface area contributed by atoms with E-state index in [0.717, 1.165) is 92.9 Å². The Bertz CT molecular complexity index is 1040. The molecule has 2 aromatic heterocycles. The molecular weight excluding hydrogens is 424 g/mol. The molecule has 2 aromatic rings. The lowest BCUT2D eigenvalue weighted by Crippen LogP contribution is -2.35. The van der Waals surface area contributed by atoms with E-state index in [-0.39, 0.29) is 5.78 Å². The van der Waals surface area contributed by atoms with Crippen molar-refractivity contribution in [1.82, 2.24) is 15.0 Å². The number of nitrogens with two attached hydrogens (primary N) is 1. The van der Waals surface area contributed by atoms with Gasteiger partial charge in [-0.15, -0.1) is 0 Å². The third-order valence-corrected chi connectivity index (χ3v) is 7.74. The predicted molar refractivity (Wildman–Crippen MR) is 136 cm³/mol. The number of carbonyl (C=O) groups excluding carboxylic acids is 1. The van der Waals surface area contributed by atoms with Crippen molar-refractivity contribution in [3.8, 4) is 0 Å². The summed E-state index contributed by atoms with van der Waals surface area (Å²) in [6.07, 6.45) is 16.3. The molecule has 0 unspecified atom stereocenters. The molecule has 34 heavy (non-hydrogen) atoms. The van der Waals surface area contributed by atoms with Crippen molar-refractivity contribution >= 4 is 23.5 Å². The van der Waals surface area contributed by atoms with Crippen LogP contribution in [0.25, 0.3) is 6.08 Å². The van der Waals surface area contributed by atoms with Crippen molar-refractivity contribution in [2.24, 2.45) is 11.7 Å². The van der Waals surface area contributed by atoms with Crippen LogP contribution in [0.3, 0.4) is 0 Å². The number of carbonyl (C=O) groups is 1. The van der Waals surface area contributed by atoms with Crippen LogP contribution in [0, 0.1) is 5.92 Å². The number of nitrogens with one attached hydrogen (secondary N) is 1. The van der Waals surface area contributed by atoms with Gasteiger partial charge in [-0.25, -0.2) is 9.97 Å². The van der Waals surface area contributed by atoms with Gasteiger partial charge in [-0.3, -0.25) is 9.78 Å². The third-order valence-electron chi connectivity index (χ3n) is 7.74. The molecule has 0 aromatic carbocycles. The molecule has 7 nitrogen and oxygen atoms in total. The Kier molecular flexibility index (Phi) is 6.90. The molecule has 7 heteroatoms. The minimum absolute atomic E-state index is 0.207. The van der Waals surface area contributed by atoms with Gasteiger partial charge in [-0.1, -0.05) is 18.6 Å². The van der Waals surface area contributed by atoms with Gasteiger partial charge in [0.2, 0.25) is 5.95 Å². The van der Waals surface area contributed by atoms with Crippen LogP contribution in [0.4, 0.5) is 11.6 Å². The van der Waals surface area contributed by atoms with E-state index >= 15 is 0 Å². The number of hydrogen-bond acceptors (Lipinski definition) is 7. The maximum atomic E-state index is 13.6. The van der Waals surface area contributed by atoms with Crippen LogP contribution >= 0.6 is 0 Å². The molecular formula is C27H36N6O. The molecule has 0 bridgehead atoms. The number of anilines is 2. The van der Waals surface area contributed by atoms with E-state index in [1.165, 1.54) is 5.57 Å². The zero-order chi connectivity index (χ0) is 23.5. The second kappa shape index (κ2) is 10.2. The molecule has 1 aliphatic heterocycles. The van der Waals surface area contributed by atoms with Gasteiger partial charge in [-0.2, -0.15) is 0 Å². The Labute approximate surface area is 202 Å². The minimum Gasteiger partial charge on any atom is -0.381 e. The Morgan fingerprint density at radius 2 is 1.82 bits per heavy atom. The van der Waals surface area contributed by atoms with Gasteiger partial charge in [-0.05, 0) is 56.9 Å². The van der Waals surface area contributed by atoms with Crippen LogP contribution < -0.4 is 16.0 Å². The van der Waals surface area contributed by atoms with Gasteiger partial charge in [0.15, 0.2) is 5.78 Å². The van der Waals surface area contributed by atoms with E-state index in [4.69, 9.17) is 10.7 Å². The standard InChI is InChI=1S/C27H36N6O/c1-2-18-14-22-24(15-18)31-17-23(26(22)32-21-6-4-20(28)5-7-21)25(34)16-19-8-12-33(13-9-19)27-29-10-3-11-30-27/h3,10-11,14,17,19-21H,2,4-9,12-13,15-16,28H2,1H3,(H,31,32). The number of ketones is 1. The molecule has 1 saturated carbocycles. The van der Waals surface area contributed by atoms with Crippen LogP contribution in [-0.2, 0) is 6.42 Å². The summed E-state index contributed by atoms with van der Waals surface area (Å²) in [5, 5.41) is 3.78.